The molecule has 1 aliphatic rings. The molecule has 1 aromatic carbocycles. The van der Waals surface area contributed by atoms with Gasteiger partial charge in [0.1, 0.15) is 6.33 Å². The third kappa shape index (κ3) is 3.46. The van der Waals surface area contributed by atoms with Crippen molar-refractivity contribution in [3.05, 3.63) is 60.7 Å². The van der Waals surface area contributed by atoms with Crippen molar-refractivity contribution in [3.8, 4) is 5.69 Å². The lowest BCUT2D eigenvalue weighted by Crippen LogP contribution is -2.21. The van der Waals surface area contributed by atoms with E-state index in [1.807, 2.05) is 16.7 Å². The second-order valence-corrected chi connectivity index (χ2v) is 6.14. The maximum atomic E-state index is 9.65. The normalized spacial score (nSPS) is 17.0. The highest BCUT2D eigenvalue weighted by Gasteiger charge is 2.20. The van der Waals surface area contributed by atoms with Gasteiger partial charge in [-0.15, -0.1) is 10.2 Å². The molecule has 3 heterocycles. The summed E-state index contributed by atoms with van der Waals surface area (Å²) in [5.41, 5.74) is 3.22. The quantitative estimate of drug-likeness (QED) is 0.740. The van der Waals surface area contributed by atoms with Gasteiger partial charge in [-0.25, -0.2) is 0 Å². The minimum Gasteiger partial charge on any atom is -0.391 e. The first-order chi connectivity index (χ1) is 12.3. The third-order valence-electron chi connectivity index (χ3n) is 4.39. The molecule has 0 amide bonds. The number of β-amino-alcohol motifs (C(OH)–C–C–N with tert-alkyl or cyclic N) is 1. The Morgan fingerprint density at radius 3 is 2.76 bits per heavy atom. The summed E-state index contributed by atoms with van der Waals surface area (Å²) < 4.78 is 1.87. The number of nitrogens with zero attached hydrogens (tertiary/aromatic N) is 5. The highest BCUT2D eigenvalue weighted by atomic mass is 16.3. The third-order valence-corrected chi connectivity index (χ3v) is 4.39. The summed E-state index contributed by atoms with van der Waals surface area (Å²) in [6.45, 7) is 2.28. The predicted octanol–water partition coefficient (Wildman–Crippen LogP) is 1.85. The second-order valence-electron chi connectivity index (χ2n) is 6.14. The average Bonchev–Trinajstić information content (AvgIpc) is 3.30. The fraction of sp³-hybridized carbons (Fsp3) is 0.278. The number of aromatic nitrogens is 4. The van der Waals surface area contributed by atoms with Gasteiger partial charge in [-0.2, -0.15) is 0 Å². The maximum Gasteiger partial charge on any atom is 0.229 e. The Morgan fingerprint density at radius 1 is 1.16 bits per heavy atom. The SMILES string of the molecule is OC1CCN(c2ccc(CNc3nncn3-c3cccnc3)cc2)C1. The van der Waals surface area contributed by atoms with E-state index >= 15 is 0 Å². The van der Waals surface area contributed by atoms with Crippen LogP contribution >= 0.6 is 0 Å². The minimum atomic E-state index is -0.208. The van der Waals surface area contributed by atoms with Crippen LogP contribution in [0.4, 0.5) is 11.6 Å². The average molecular weight is 336 g/mol. The summed E-state index contributed by atoms with van der Waals surface area (Å²) in [6, 6.07) is 12.2. The predicted molar refractivity (Wildman–Crippen MR) is 95.8 cm³/mol. The summed E-state index contributed by atoms with van der Waals surface area (Å²) in [7, 11) is 0. The zero-order chi connectivity index (χ0) is 17.1. The smallest absolute Gasteiger partial charge is 0.229 e. The molecule has 3 aromatic rings. The van der Waals surface area contributed by atoms with Crippen molar-refractivity contribution < 1.29 is 5.11 Å². The Kier molecular flexibility index (Phi) is 4.30. The van der Waals surface area contributed by atoms with Crippen LogP contribution in [0, 0.1) is 0 Å². The van der Waals surface area contributed by atoms with Gasteiger partial charge < -0.3 is 15.3 Å². The van der Waals surface area contributed by atoms with Gasteiger partial charge in [0.05, 0.1) is 18.0 Å². The first kappa shape index (κ1) is 15.6. The van der Waals surface area contributed by atoms with Crippen LogP contribution < -0.4 is 10.2 Å². The number of pyridine rings is 1. The molecule has 1 aliphatic heterocycles. The Labute approximate surface area is 146 Å². The number of nitrogens with one attached hydrogen (secondary N) is 1. The molecule has 0 aliphatic carbocycles. The van der Waals surface area contributed by atoms with Crippen LogP contribution in [0.5, 0.6) is 0 Å². The minimum absolute atomic E-state index is 0.208. The molecule has 2 aromatic heterocycles. The van der Waals surface area contributed by atoms with Crippen LogP contribution in [0.1, 0.15) is 12.0 Å². The van der Waals surface area contributed by atoms with Gasteiger partial charge in [-0.3, -0.25) is 9.55 Å². The van der Waals surface area contributed by atoms with Gasteiger partial charge >= 0.3 is 0 Å². The van der Waals surface area contributed by atoms with Gasteiger partial charge in [0.2, 0.25) is 5.95 Å². The van der Waals surface area contributed by atoms with Crippen molar-refractivity contribution in [1.82, 2.24) is 19.7 Å². The van der Waals surface area contributed by atoms with Crippen LogP contribution in [-0.2, 0) is 6.54 Å². The van der Waals surface area contributed by atoms with Crippen LogP contribution in [0.3, 0.4) is 0 Å². The first-order valence-corrected chi connectivity index (χ1v) is 8.36. The van der Waals surface area contributed by atoms with Crippen LogP contribution in [-0.4, -0.2) is 44.0 Å². The monoisotopic (exact) mass is 336 g/mol. The molecule has 2 N–H and O–H groups in total. The number of benzene rings is 1. The van der Waals surface area contributed by atoms with Crippen molar-refractivity contribution in [1.29, 1.82) is 0 Å². The van der Waals surface area contributed by atoms with E-state index in [1.54, 1.807) is 18.7 Å². The molecule has 4 rings (SSSR count). The second kappa shape index (κ2) is 6.90. The molecule has 7 heteroatoms. The van der Waals surface area contributed by atoms with E-state index in [9.17, 15) is 5.11 Å². The molecule has 25 heavy (non-hydrogen) atoms. The van der Waals surface area contributed by atoms with Crippen LogP contribution in [0.2, 0.25) is 0 Å². The highest BCUT2D eigenvalue weighted by molar-refractivity contribution is 5.49. The zero-order valence-electron chi connectivity index (χ0n) is 13.8. The van der Waals surface area contributed by atoms with Gasteiger partial charge in [0.15, 0.2) is 0 Å². The van der Waals surface area contributed by atoms with E-state index < -0.39 is 0 Å². The van der Waals surface area contributed by atoms with Crippen LogP contribution in [0.15, 0.2) is 55.1 Å². The van der Waals surface area contributed by atoms with Crippen LogP contribution in [0.25, 0.3) is 5.69 Å². The molecule has 1 unspecified atom stereocenters. The van der Waals surface area contributed by atoms with Crippen molar-refractivity contribution in [2.45, 2.75) is 19.1 Å². The largest absolute Gasteiger partial charge is 0.391 e. The molecule has 128 valence electrons. The summed E-state index contributed by atoms with van der Waals surface area (Å²) >= 11 is 0. The van der Waals surface area contributed by atoms with Crippen molar-refractivity contribution in [3.63, 3.8) is 0 Å². The van der Waals surface area contributed by atoms with E-state index in [1.165, 1.54) is 0 Å². The molecule has 0 radical (unpaired) electrons. The Morgan fingerprint density at radius 2 is 2.04 bits per heavy atom. The highest BCUT2D eigenvalue weighted by Crippen LogP contribution is 2.21. The molecular formula is C18H20N6O. The zero-order valence-corrected chi connectivity index (χ0v) is 13.8. The lowest BCUT2D eigenvalue weighted by atomic mass is 10.2. The molecule has 0 saturated carbocycles. The lowest BCUT2D eigenvalue weighted by molar-refractivity contribution is 0.198. The van der Waals surface area contributed by atoms with E-state index in [0.29, 0.717) is 19.0 Å². The fourth-order valence-electron chi connectivity index (χ4n) is 3.02. The molecule has 1 saturated heterocycles. The Balaban J connectivity index is 1.42. The molecule has 7 nitrogen and oxygen atoms in total. The van der Waals surface area contributed by atoms with Gasteiger partial charge in [-0.1, -0.05) is 12.1 Å². The molecule has 1 fully saturated rings. The Hall–Kier alpha value is -2.93. The number of hydrogen-bond acceptors (Lipinski definition) is 6. The molecule has 1 atom stereocenters. The van der Waals surface area contributed by atoms with E-state index in [2.05, 4.69) is 49.7 Å². The van der Waals surface area contributed by atoms with Crippen molar-refractivity contribution >= 4 is 11.6 Å². The summed E-state index contributed by atoms with van der Waals surface area (Å²) in [5.74, 6) is 0.680. The summed E-state index contributed by atoms with van der Waals surface area (Å²) in [5, 5.41) is 21.1. The van der Waals surface area contributed by atoms with Crippen molar-refractivity contribution in [2.24, 2.45) is 0 Å². The first-order valence-electron chi connectivity index (χ1n) is 8.36. The topological polar surface area (TPSA) is 79.1 Å². The van der Waals surface area contributed by atoms with Gasteiger partial charge in [0.25, 0.3) is 0 Å². The number of anilines is 2. The number of rotatable bonds is 5. The van der Waals surface area contributed by atoms with E-state index in [-0.39, 0.29) is 6.10 Å². The number of hydrogen-bond donors (Lipinski definition) is 2. The number of aliphatic hydroxyl groups excluding tert-OH is 1. The standard InChI is InChI=1S/C18H20N6O/c25-17-7-9-23(12-17)15-5-3-14(4-6-15)10-20-18-22-21-13-24(18)16-2-1-8-19-11-16/h1-6,8,11,13,17,25H,7,9-10,12H2,(H,20,22). The number of aliphatic hydroxyl groups is 1. The molecule has 0 bridgehead atoms. The Bertz CT molecular complexity index is 817. The van der Waals surface area contributed by atoms with E-state index in [4.69, 9.17) is 0 Å². The fourth-order valence-corrected chi connectivity index (χ4v) is 3.02. The lowest BCUT2D eigenvalue weighted by Gasteiger charge is -2.18. The maximum absolute atomic E-state index is 9.65. The molecular weight excluding hydrogens is 316 g/mol. The summed E-state index contributed by atoms with van der Waals surface area (Å²) in [6.07, 6.45) is 5.81. The van der Waals surface area contributed by atoms with E-state index in [0.717, 1.165) is 29.9 Å². The van der Waals surface area contributed by atoms with Crippen molar-refractivity contribution in [2.75, 3.05) is 23.3 Å². The molecule has 0 spiro atoms. The van der Waals surface area contributed by atoms with Gasteiger partial charge in [0, 0.05) is 31.5 Å². The summed E-state index contributed by atoms with van der Waals surface area (Å²) in [4.78, 5) is 6.34. The van der Waals surface area contributed by atoms with Gasteiger partial charge in [-0.05, 0) is 36.2 Å².